The molecule has 0 unspecified atom stereocenters. The maximum Gasteiger partial charge on any atom is 0.222 e. The van der Waals surface area contributed by atoms with Crippen molar-refractivity contribution in [2.45, 2.75) is 51.5 Å². The Balaban J connectivity index is 1.62. The Morgan fingerprint density at radius 2 is 1.76 bits per heavy atom. The molecule has 1 aromatic rings. The van der Waals surface area contributed by atoms with Crippen LogP contribution in [-0.2, 0) is 4.79 Å². The van der Waals surface area contributed by atoms with E-state index in [1.807, 2.05) is 13.8 Å². The first kappa shape index (κ1) is 16.0. The molecule has 1 aromatic carbocycles. The van der Waals surface area contributed by atoms with E-state index in [-0.39, 0.29) is 11.8 Å². The summed E-state index contributed by atoms with van der Waals surface area (Å²) in [5.41, 5.74) is 1.49. The minimum absolute atomic E-state index is 0.0753. The zero-order valence-corrected chi connectivity index (χ0v) is 13.3. The molecule has 0 heterocycles. The number of nitrogens with one attached hydrogen (secondary N) is 2. The van der Waals surface area contributed by atoms with E-state index in [2.05, 4.69) is 41.0 Å². The average Bonchev–Trinajstić information content (AvgIpc) is 2.52. The van der Waals surface area contributed by atoms with Gasteiger partial charge in [-0.25, -0.2) is 0 Å². The Hall–Kier alpha value is -1.35. The zero-order valence-electron chi connectivity index (χ0n) is 13.3. The Morgan fingerprint density at radius 3 is 2.38 bits per heavy atom. The van der Waals surface area contributed by atoms with Crippen molar-refractivity contribution in [1.29, 1.82) is 0 Å². The number of carbonyl (C=O) groups excluding carboxylic acids is 1. The van der Waals surface area contributed by atoms with Gasteiger partial charge in [-0.05, 0) is 37.2 Å². The summed E-state index contributed by atoms with van der Waals surface area (Å²) in [6.07, 6.45) is 5.00. The molecule has 116 valence electrons. The summed E-state index contributed by atoms with van der Waals surface area (Å²) in [4.78, 5) is 11.5. The number of hydrogen-bond acceptors (Lipinski definition) is 2. The van der Waals surface area contributed by atoms with Gasteiger partial charge in [-0.1, -0.05) is 44.2 Å². The van der Waals surface area contributed by atoms with Gasteiger partial charge in [-0.3, -0.25) is 4.79 Å². The summed E-state index contributed by atoms with van der Waals surface area (Å²) in [5.74, 6) is 0.945. The van der Waals surface area contributed by atoms with Gasteiger partial charge in [0.05, 0.1) is 0 Å². The lowest BCUT2D eigenvalue weighted by molar-refractivity contribution is -0.123. The van der Waals surface area contributed by atoms with E-state index in [1.165, 1.54) is 31.2 Å². The standard InChI is InChI=1S/C18H28N2O/c1-14(2)18(21)20-13-12-19-17-10-8-16(9-11-17)15-6-4-3-5-7-15/h3-7,14,16-17,19H,8-13H2,1-2H3,(H,20,21). The van der Waals surface area contributed by atoms with E-state index in [0.717, 1.165) is 19.0 Å². The van der Waals surface area contributed by atoms with Crippen molar-refractivity contribution < 1.29 is 4.79 Å². The summed E-state index contributed by atoms with van der Waals surface area (Å²) in [7, 11) is 0. The van der Waals surface area contributed by atoms with Gasteiger partial charge in [0.15, 0.2) is 0 Å². The van der Waals surface area contributed by atoms with Crippen LogP contribution in [0.25, 0.3) is 0 Å². The van der Waals surface area contributed by atoms with Gasteiger partial charge < -0.3 is 10.6 Å². The van der Waals surface area contributed by atoms with Gasteiger partial charge >= 0.3 is 0 Å². The predicted octanol–water partition coefficient (Wildman–Crippen LogP) is 3.07. The van der Waals surface area contributed by atoms with E-state index in [9.17, 15) is 4.79 Å². The Kier molecular flexibility index (Phi) is 6.24. The third-order valence-electron chi connectivity index (χ3n) is 4.38. The molecule has 1 aliphatic rings. The van der Waals surface area contributed by atoms with Crippen LogP contribution in [0.2, 0.25) is 0 Å². The van der Waals surface area contributed by atoms with Crippen LogP contribution in [0, 0.1) is 5.92 Å². The van der Waals surface area contributed by atoms with Crippen molar-refractivity contribution in [2.75, 3.05) is 13.1 Å². The molecule has 3 heteroatoms. The van der Waals surface area contributed by atoms with Gasteiger partial charge in [0.1, 0.15) is 0 Å². The molecule has 0 aromatic heterocycles. The van der Waals surface area contributed by atoms with Gasteiger partial charge in [-0.15, -0.1) is 0 Å². The van der Waals surface area contributed by atoms with Crippen LogP contribution in [0.1, 0.15) is 51.0 Å². The molecule has 3 nitrogen and oxygen atoms in total. The second-order valence-electron chi connectivity index (χ2n) is 6.36. The summed E-state index contributed by atoms with van der Waals surface area (Å²) in [5, 5.41) is 6.53. The molecule has 1 fully saturated rings. The van der Waals surface area contributed by atoms with E-state index < -0.39 is 0 Å². The van der Waals surface area contributed by atoms with Crippen LogP contribution in [0.5, 0.6) is 0 Å². The summed E-state index contributed by atoms with van der Waals surface area (Å²) in [6, 6.07) is 11.5. The van der Waals surface area contributed by atoms with E-state index >= 15 is 0 Å². The molecule has 1 saturated carbocycles. The average molecular weight is 288 g/mol. The molecule has 21 heavy (non-hydrogen) atoms. The van der Waals surface area contributed by atoms with Crippen molar-refractivity contribution in [3.8, 4) is 0 Å². The molecule has 1 aliphatic carbocycles. The molecule has 0 radical (unpaired) electrons. The highest BCUT2D eigenvalue weighted by Crippen LogP contribution is 2.32. The molecule has 0 saturated heterocycles. The van der Waals surface area contributed by atoms with Crippen molar-refractivity contribution in [2.24, 2.45) is 5.92 Å². The predicted molar refractivity (Wildman–Crippen MR) is 87.3 cm³/mol. The SMILES string of the molecule is CC(C)C(=O)NCCNC1CCC(c2ccccc2)CC1. The first-order chi connectivity index (χ1) is 10.2. The minimum atomic E-state index is 0.0753. The van der Waals surface area contributed by atoms with Crippen LogP contribution >= 0.6 is 0 Å². The van der Waals surface area contributed by atoms with Crippen molar-refractivity contribution in [1.82, 2.24) is 10.6 Å². The molecular weight excluding hydrogens is 260 g/mol. The van der Waals surface area contributed by atoms with Crippen molar-refractivity contribution in [3.05, 3.63) is 35.9 Å². The van der Waals surface area contributed by atoms with Crippen LogP contribution in [-0.4, -0.2) is 25.0 Å². The normalized spacial score (nSPS) is 22.2. The van der Waals surface area contributed by atoms with Crippen LogP contribution < -0.4 is 10.6 Å². The van der Waals surface area contributed by atoms with E-state index in [0.29, 0.717) is 6.04 Å². The second kappa shape index (κ2) is 8.18. The fourth-order valence-electron chi connectivity index (χ4n) is 3.02. The summed E-state index contributed by atoms with van der Waals surface area (Å²) >= 11 is 0. The summed E-state index contributed by atoms with van der Waals surface area (Å²) < 4.78 is 0. The molecular formula is C18H28N2O. The van der Waals surface area contributed by atoms with Crippen molar-refractivity contribution >= 4 is 5.91 Å². The Bertz CT molecular complexity index is 422. The topological polar surface area (TPSA) is 41.1 Å². The van der Waals surface area contributed by atoms with Crippen LogP contribution in [0.4, 0.5) is 0 Å². The minimum Gasteiger partial charge on any atom is -0.355 e. The quantitative estimate of drug-likeness (QED) is 0.790. The van der Waals surface area contributed by atoms with Crippen molar-refractivity contribution in [3.63, 3.8) is 0 Å². The monoisotopic (exact) mass is 288 g/mol. The van der Waals surface area contributed by atoms with Crippen LogP contribution in [0.3, 0.4) is 0 Å². The third kappa shape index (κ3) is 5.16. The molecule has 2 rings (SSSR count). The van der Waals surface area contributed by atoms with E-state index in [4.69, 9.17) is 0 Å². The fraction of sp³-hybridized carbons (Fsp3) is 0.611. The number of hydrogen-bond donors (Lipinski definition) is 2. The number of benzene rings is 1. The van der Waals surface area contributed by atoms with Crippen LogP contribution in [0.15, 0.2) is 30.3 Å². The first-order valence-corrected chi connectivity index (χ1v) is 8.23. The molecule has 0 spiro atoms. The fourth-order valence-corrected chi connectivity index (χ4v) is 3.02. The highest BCUT2D eigenvalue weighted by atomic mass is 16.1. The van der Waals surface area contributed by atoms with Gasteiger partial charge in [-0.2, -0.15) is 0 Å². The molecule has 2 N–H and O–H groups in total. The number of carbonyl (C=O) groups is 1. The summed E-state index contributed by atoms with van der Waals surface area (Å²) in [6.45, 7) is 5.45. The Labute approximate surface area is 128 Å². The lowest BCUT2D eigenvalue weighted by Crippen LogP contribution is -2.39. The van der Waals surface area contributed by atoms with Gasteiger partial charge in [0.25, 0.3) is 0 Å². The lowest BCUT2D eigenvalue weighted by atomic mass is 9.82. The van der Waals surface area contributed by atoms with Gasteiger partial charge in [0.2, 0.25) is 5.91 Å². The molecule has 0 bridgehead atoms. The van der Waals surface area contributed by atoms with E-state index in [1.54, 1.807) is 0 Å². The Morgan fingerprint density at radius 1 is 1.10 bits per heavy atom. The maximum absolute atomic E-state index is 11.5. The highest BCUT2D eigenvalue weighted by Gasteiger charge is 2.21. The smallest absolute Gasteiger partial charge is 0.222 e. The number of amides is 1. The second-order valence-corrected chi connectivity index (χ2v) is 6.36. The molecule has 1 amide bonds. The molecule has 0 atom stereocenters. The molecule has 0 aliphatic heterocycles. The highest BCUT2D eigenvalue weighted by molar-refractivity contribution is 5.77. The third-order valence-corrected chi connectivity index (χ3v) is 4.38. The first-order valence-electron chi connectivity index (χ1n) is 8.23. The van der Waals surface area contributed by atoms with Gasteiger partial charge in [0, 0.05) is 25.0 Å². The zero-order chi connectivity index (χ0) is 15.1. The largest absolute Gasteiger partial charge is 0.355 e. The lowest BCUT2D eigenvalue weighted by Gasteiger charge is -2.29. The maximum atomic E-state index is 11.5. The number of rotatable bonds is 6.